The van der Waals surface area contributed by atoms with Crippen LogP contribution in [-0.2, 0) is 7.05 Å². The van der Waals surface area contributed by atoms with Crippen LogP contribution in [0.5, 0.6) is 11.5 Å². The van der Waals surface area contributed by atoms with Crippen LogP contribution in [0.15, 0.2) is 30.6 Å². The molecule has 2 N–H and O–H groups in total. The van der Waals surface area contributed by atoms with E-state index in [1.165, 1.54) is 14.2 Å². The van der Waals surface area contributed by atoms with Gasteiger partial charge in [0.25, 0.3) is 0 Å². The van der Waals surface area contributed by atoms with Crippen LogP contribution in [0.1, 0.15) is 22.0 Å². The van der Waals surface area contributed by atoms with Crippen LogP contribution in [-0.4, -0.2) is 29.8 Å². The molecule has 1 aromatic heterocycles. The maximum Gasteiger partial charge on any atom is 0.184 e. The molecule has 0 saturated heterocycles. The zero-order valence-corrected chi connectivity index (χ0v) is 11.7. The summed E-state index contributed by atoms with van der Waals surface area (Å²) >= 11 is 0. The summed E-state index contributed by atoms with van der Waals surface area (Å²) in [4.78, 5) is 12.4. The van der Waals surface area contributed by atoms with Crippen molar-refractivity contribution in [3.8, 4) is 11.5 Å². The quantitative estimate of drug-likeness (QED) is 0.832. The van der Waals surface area contributed by atoms with Gasteiger partial charge in [0.05, 0.1) is 26.5 Å². The molecular weight excluding hydrogens is 258 g/mol. The molecule has 0 aliphatic heterocycles. The topological polar surface area (TPSA) is 79.4 Å². The number of aryl methyl sites for hydroxylation is 1. The number of Topliss-reactive ketones (excluding diaryl/α,β-unsaturated/α-hetero) is 1. The summed E-state index contributed by atoms with van der Waals surface area (Å²) in [5.41, 5.74) is 7.09. The third-order valence-electron chi connectivity index (χ3n) is 3.00. The number of hydrogen-bond donors (Lipinski definition) is 1. The Bertz CT molecular complexity index is 600. The molecule has 6 nitrogen and oxygen atoms in total. The molecule has 20 heavy (non-hydrogen) atoms. The molecule has 0 fully saturated rings. The molecule has 106 valence electrons. The minimum Gasteiger partial charge on any atom is -0.497 e. The van der Waals surface area contributed by atoms with Gasteiger partial charge in [-0.1, -0.05) is 0 Å². The highest BCUT2D eigenvalue weighted by molar-refractivity contribution is 6.01. The third-order valence-corrected chi connectivity index (χ3v) is 3.00. The maximum absolute atomic E-state index is 12.4. The third kappa shape index (κ3) is 2.80. The van der Waals surface area contributed by atoms with Crippen LogP contribution in [0.25, 0.3) is 0 Å². The molecule has 2 aromatic rings. The number of carbonyl (C=O) groups is 1. The van der Waals surface area contributed by atoms with Crippen molar-refractivity contribution in [2.24, 2.45) is 12.8 Å². The van der Waals surface area contributed by atoms with Crippen molar-refractivity contribution in [2.45, 2.75) is 6.04 Å². The highest BCUT2D eigenvalue weighted by Gasteiger charge is 2.20. The molecule has 0 amide bonds. The van der Waals surface area contributed by atoms with E-state index < -0.39 is 6.04 Å². The molecule has 1 unspecified atom stereocenters. The van der Waals surface area contributed by atoms with Crippen molar-refractivity contribution < 1.29 is 14.3 Å². The monoisotopic (exact) mass is 275 g/mol. The summed E-state index contributed by atoms with van der Waals surface area (Å²) in [6.45, 7) is 0. The van der Waals surface area contributed by atoms with Crippen molar-refractivity contribution in [1.29, 1.82) is 0 Å². The van der Waals surface area contributed by atoms with Crippen LogP contribution in [0, 0.1) is 0 Å². The second kappa shape index (κ2) is 5.75. The van der Waals surface area contributed by atoms with Crippen molar-refractivity contribution >= 4 is 5.78 Å². The number of hydrogen-bond acceptors (Lipinski definition) is 5. The fraction of sp³-hybridized carbons (Fsp3) is 0.286. The van der Waals surface area contributed by atoms with Gasteiger partial charge in [0, 0.05) is 30.4 Å². The number of ether oxygens (including phenoxy) is 2. The Labute approximate surface area is 117 Å². The number of ketones is 1. The van der Waals surface area contributed by atoms with E-state index in [1.807, 2.05) is 0 Å². The van der Waals surface area contributed by atoms with Crippen molar-refractivity contribution in [1.82, 2.24) is 9.78 Å². The number of rotatable bonds is 5. The van der Waals surface area contributed by atoms with Crippen molar-refractivity contribution in [3.05, 3.63) is 41.7 Å². The Morgan fingerprint density at radius 2 is 1.85 bits per heavy atom. The van der Waals surface area contributed by atoms with E-state index in [-0.39, 0.29) is 5.78 Å². The molecule has 0 aliphatic carbocycles. The second-order valence-corrected chi connectivity index (χ2v) is 4.39. The number of benzene rings is 1. The number of carbonyl (C=O) groups excluding carboxylic acids is 1. The van der Waals surface area contributed by atoms with Gasteiger partial charge >= 0.3 is 0 Å². The predicted molar refractivity (Wildman–Crippen MR) is 74.0 cm³/mol. The molecule has 1 aromatic carbocycles. The lowest BCUT2D eigenvalue weighted by Gasteiger charge is -2.11. The summed E-state index contributed by atoms with van der Waals surface area (Å²) in [6, 6.07) is 4.22. The maximum atomic E-state index is 12.4. The van der Waals surface area contributed by atoms with Crippen LogP contribution in [0.2, 0.25) is 0 Å². The Morgan fingerprint density at radius 1 is 1.25 bits per heavy atom. The van der Waals surface area contributed by atoms with Gasteiger partial charge < -0.3 is 15.2 Å². The first kappa shape index (κ1) is 14.1. The van der Waals surface area contributed by atoms with Gasteiger partial charge in [-0.3, -0.25) is 9.48 Å². The van der Waals surface area contributed by atoms with E-state index in [2.05, 4.69) is 5.10 Å². The zero-order chi connectivity index (χ0) is 14.7. The van der Waals surface area contributed by atoms with Crippen LogP contribution in [0.4, 0.5) is 0 Å². The number of methoxy groups -OCH3 is 2. The summed E-state index contributed by atoms with van der Waals surface area (Å²) in [5, 5.41) is 4.02. The molecule has 2 rings (SSSR count). The van der Waals surface area contributed by atoms with Gasteiger partial charge in [-0.05, 0) is 12.1 Å². The van der Waals surface area contributed by atoms with Gasteiger partial charge in [-0.25, -0.2) is 0 Å². The number of aromatic nitrogens is 2. The smallest absolute Gasteiger partial charge is 0.184 e. The average Bonchev–Trinajstić information content (AvgIpc) is 2.91. The second-order valence-electron chi connectivity index (χ2n) is 4.39. The summed E-state index contributed by atoms with van der Waals surface area (Å²) < 4.78 is 11.9. The van der Waals surface area contributed by atoms with Crippen LogP contribution in [0.3, 0.4) is 0 Å². The SMILES string of the molecule is COc1cc(OC)cc(C(=O)C(N)c2cnn(C)c2)c1. The van der Waals surface area contributed by atoms with Crippen molar-refractivity contribution in [3.63, 3.8) is 0 Å². The van der Waals surface area contributed by atoms with Gasteiger partial charge in [0.1, 0.15) is 11.5 Å². The minimum atomic E-state index is -0.763. The Kier molecular flexibility index (Phi) is 4.05. The van der Waals surface area contributed by atoms with Gasteiger partial charge in [-0.2, -0.15) is 5.10 Å². The van der Waals surface area contributed by atoms with Gasteiger partial charge in [0.15, 0.2) is 5.78 Å². The first-order chi connectivity index (χ1) is 9.55. The normalized spacial score (nSPS) is 12.0. The molecule has 6 heteroatoms. The largest absolute Gasteiger partial charge is 0.497 e. The predicted octanol–water partition coefficient (Wildman–Crippen LogP) is 1.32. The summed E-state index contributed by atoms with van der Waals surface area (Å²) in [6.07, 6.45) is 3.31. The lowest BCUT2D eigenvalue weighted by Crippen LogP contribution is -2.21. The number of nitrogens with zero attached hydrogens (tertiary/aromatic N) is 2. The molecule has 0 radical (unpaired) electrons. The van der Waals surface area contributed by atoms with E-state index in [0.717, 1.165) is 0 Å². The minimum absolute atomic E-state index is 0.213. The molecule has 1 atom stereocenters. The first-order valence-corrected chi connectivity index (χ1v) is 6.06. The van der Waals surface area contributed by atoms with E-state index in [4.69, 9.17) is 15.2 Å². The van der Waals surface area contributed by atoms with E-state index in [1.54, 1.807) is 42.3 Å². The highest BCUT2D eigenvalue weighted by Crippen LogP contribution is 2.25. The lowest BCUT2D eigenvalue weighted by atomic mass is 10.0. The van der Waals surface area contributed by atoms with E-state index in [0.29, 0.717) is 22.6 Å². The fourth-order valence-electron chi connectivity index (χ4n) is 1.88. The summed E-state index contributed by atoms with van der Waals surface area (Å²) in [7, 11) is 4.84. The molecule has 0 aliphatic rings. The van der Waals surface area contributed by atoms with Crippen molar-refractivity contribution in [2.75, 3.05) is 14.2 Å². The average molecular weight is 275 g/mol. The van der Waals surface area contributed by atoms with E-state index >= 15 is 0 Å². The van der Waals surface area contributed by atoms with Crippen LogP contribution < -0.4 is 15.2 Å². The summed E-state index contributed by atoms with van der Waals surface area (Å²) in [5.74, 6) is 0.882. The lowest BCUT2D eigenvalue weighted by molar-refractivity contribution is 0.0960. The highest BCUT2D eigenvalue weighted by atomic mass is 16.5. The Morgan fingerprint density at radius 3 is 2.30 bits per heavy atom. The number of nitrogens with two attached hydrogens (primary N) is 1. The molecule has 0 spiro atoms. The fourth-order valence-corrected chi connectivity index (χ4v) is 1.88. The first-order valence-electron chi connectivity index (χ1n) is 6.06. The molecule has 1 heterocycles. The van der Waals surface area contributed by atoms with Crippen LogP contribution >= 0.6 is 0 Å². The molecule has 0 saturated carbocycles. The molecular formula is C14H17N3O3. The van der Waals surface area contributed by atoms with Gasteiger partial charge in [-0.15, -0.1) is 0 Å². The Balaban J connectivity index is 2.32. The van der Waals surface area contributed by atoms with Gasteiger partial charge in [0.2, 0.25) is 0 Å². The standard InChI is InChI=1S/C14H17N3O3/c1-17-8-10(7-16-17)13(15)14(18)9-4-11(19-2)6-12(5-9)20-3/h4-8,13H,15H2,1-3H3. The zero-order valence-electron chi connectivity index (χ0n) is 11.7. The Hall–Kier alpha value is -2.34. The molecule has 0 bridgehead atoms. The van der Waals surface area contributed by atoms with E-state index in [9.17, 15) is 4.79 Å².